The van der Waals surface area contributed by atoms with Crippen LogP contribution in [0.25, 0.3) is 0 Å². The number of carbonyl (C=O) groups is 1. The highest BCUT2D eigenvalue weighted by Gasteiger charge is 2.31. The van der Waals surface area contributed by atoms with Gasteiger partial charge in [0.25, 0.3) is 5.91 Å². The van der Waals surface area contributed by atoms with Gasteiger partial charge in [-0.3, -0.25) is 4.79 Å². The van der Waals surface area contributed by atoms with Crippen LogP contribution in [0.1, 0.15) is 23.2 Å². The van der Waals surface area contributed by atoms with Crippen LogP contribution in [0.15, 0.2) is 24.3 Å². The third-order valence-corrected chi connectivity index (χ3v) is 3.41. The molecule has 1 saturated carbocycles. The number of benzene rings is 1. The zero-order chi connectivity index (χ0) is 13.8. The van der Waals surface area contributed by atoms with E-state index in [0.717, 1.165) is 5.69 Å². The minimum absolute atomic E-state index is 0.0263. The molecular weight excluding hydrogens is 240 g/mol. The molecule has 1 aromatic rings. The van der Waals surface area contributed by atoms with Gasteiger partial charge in [-0.1, -0.05) is 6.07 Å². The molecule has 4 nitrogen and oxygen atoms in total. The summed E-state index contributed by atoms with van der Waals surface area (Å²) < 4.78 is 5.26. The van der Waals surface area contributed by atoms with Crippen molar-refractivity contribution in [3.05, 3.63) is 29.8 Å². The average Bonchev–Trinajstić information content (AvgIpc) is 3.22. The van der Waals surface area contributed by atoms with Crippen LogP contribution >= 0.6 is 0 Å². The maximum absolute atomic E-state index is 11.9. The molecule has 1 aliphatic carbocycles. The number of anilines is 1. The summed E-state index contributed by atoms with van der Waals surface area (Å²) in [4.78, 5) is 13.5. The van der Waals surface area contributed by atoms with Crippen molar-refractivity contribution in [3.8, 4) is 0 Å². The summed E-state index contributed by atoms with van der Waals surface area (Å²) in [5.74, 6) is 0.728. The molecule has 2 rings (SSSR count). The van der Waals surface area contributed by atoms with Crippen LogP contribution in [0, 0.1) is 5.92 Å². The van der Waals surface area contributed by atoms with E-state index in [1.165, 1.54) is 12.8 Å². The highest BCUT2D eigenvalue weighted by atomic mass is 16.5. The number of nitrogens with one attached hydrogen (secondary N) is 1. The van der Waals surface area contributed by atoms with Gasteiger partial charge in [0.2, 0.25) is 0 Å². The molecule has 0 radical (unpaired) electrons. The van der Waals surface area contributed by atoms with E-state index in [4.69, 9.17) is 4.74 Å². The summed E-state index contributed by atoms with van der Waals surface area (Å²) in [7, 11) is 5.25. The van der Waals surface area contributed by atoms with Gasteiger partial charge in [0, 0.05) is 32.5 Å². The molecule has 0 aromatic heterocycles. The minimum Gasteiger partial charge on any atom is -0.383 e. The molecule has 1 aromatic carbocycles. The molecule has 1 fully saturated rings. The summed E-state index contributed by atoms with van der Waals surface area (Å²) in [5, 5.41) is 3.48. The topological polar surface area (TPSA) is 41.6 Å². The van der Waals surface area contributed by atoms with E-state index in [0.29, 0.717) is 24.1 Å². The van der Waals surface area contributed by atoms with Crippen molar-refractivity contribution in [1.29, 1.82) is 0 Å². The second-order valence-electron chi connectivity index (χ2n) is 5.32. The Morgan fingerprint density at radius 1 is 1.47 bits per heavy atom. The fourth-order valence-corrected chi connectivity index (χ4v) is 2.19. The van der Waals surface area contributed by atoms with Crippen LogP contribution in [0.3, 0.4) is 0 Å². The minimum atomic E-state index is 0.0263. The highest BCUT2D eigenvalue weighted by molar-refractivity contribution is 5.94. The molecule has 0 heterocycles. The SMILES string of the molecule is COCC(Nc1cccc(C(=O)N(C)C)c1)C1CC1. The van der Waals surface area contributed by atoms with Crippen molar-refractivity contribution < 1.29 is 9.53 Å². The molecule has 4 heteroatoms. The first kappa shape index (κ1) is 13.9. The maximum atomic E-state index is 11.9. The predicted molar refractivity (Wildman–Crippen MR) is 76.5 cm³/mol. The summed E-state index contributed by atoms with van der Waals surface area (Å²) >= 11 is 0. The van der Waals surface area contributed by atoms with Crippen molar-refractivity contribution in [2.75, 3.05) is 33.1 Å². The Morgan fingerprint density at radius 3 is 2.79 bits per heavy atom. The van der Waals surface area contributed by atoms with Gasteiger partial charge in [0.05, 0.1) is 12.6 Å². The van der Waals surface area contributed by atoms with Crippen molar-refractivity contribution in [2.45, 2.75) is 18.9 Å². The molecule has 1 amide bonds. The molecule has 104 valence electrons. The van der Waals surface area contributed by atoms with Gasteiger partial charge in [0.15, 0.2) is 0 Å². The first-order chi connectivity index (χ1) is 9.11. The lowest BCUT2D eigenvalue weighted by Gasteiger charge is -2.19. The molecule has 1 N–H and O–H groups in total. The number of carbonyl (C=O) groups excluding carboxylic acids is 1. The third kappa shape index (κ3) is 3.70. The van der Waals surface area contributed by atoms with Crippen LogP contribution in [0.5, 0.6) is 0 Å². The van der Waals surface area contributed by atoms with Crippen LogP contribution in [-0.4, -0.2) is 44.7 Å². The zero-order valence-electron chi connectivity index (χ0n) is 11.8. The molecule has 1 unspecified atom stereocenters. The van der Waals surface area contributed by atoms with E-state index >= 15 is 0 Å². The second-order valence-corrected chi connectivity index (χ2v) is 5.32. The Labute approximate surface area is 114 Å². The first-order valence-electron chi connectivity index (χ1n) is 6.69. The number of hydrogen-bond donors (Lipinski definition) is 1. The summed E-state index contributed by atoms with van der Waals surface area (Å²) in [5.41, 5.74) is 1.70. The van der Waals surface area contributed by atoms with E-state index in [9.17, 15) is 4.79 Å². The zero-order valence-corrected chi connectivity index (χ0v) is 11.8. The Balaban J connectivity index is 2.07. The Bertz CT molecular complexity index is 442. The van der Waals surface area contributed by atoms with Gasteiger partial charge in [-0.15, -0.1) is 0 Å². The molecule has 0 spiro atoms. The number of nitrogens with zero attached hydrogens (tertiary/aromatic N) is 1. The number of amides is 1. The molecule has 1 aliphatic rings. The first-order valence-corrected chi connectivity index (χ1v) is 6.69. The quantitative estimate of drug-likeness (QED) is 0.854. The Kier molecular flexibility index (Phi) is 4.43. The third-order valence-electron chi connectivity index (χ3n) is 3.41. The largest absolute Gasteiger partial charge is 0.383 e. The second kappa shape index (κ2) is 6.06. The average molecular weight is 262 g/mol. The monoisotopic (exact) mass is 262 g/mol. The van der Waals surface area contributed by atoms with Gasteiger partial charge >= 0.3 is 0 Å². The normalized spacial score (nSPS) is 15.9. The molecular formula is C15H22N2O2. The lowest BCUT2D eigenvalue weighted by Crippen LogP contribution is -2.27. The summed E-state index contributed by atoms with van der Waals surface area (Å²) in [6.45, 7) is 0.705. The fraction of sp³-hybridized carbons (Fsp3) is 0.533. The lowest BCUT2D eigenvalue weighted by molar-refractivity contribution is 0.0827. The predicted octanol–water partition coefficient (Wildman–Crippen LogP) is 2.23. The van der Waals surface area contributed by atoms with Crippen molar-refractivity contribution >= 4 is 11.6 Å². The van der Waals surface area contributed by atoms with Gasteiger partial charge < -0.3 is 15.0 Å². The fourth-order valence-electron chi connectivity index (χ4n) is 2.19. The van der Waals surface area contributed by atoms with Gasteiger partial charge in [-0.05, 0) is 37.0 Å². The molecule has 0 bridgehead atoms. The van der Waals surface area contributed by atoms with Gasteiger partial charge in [-0.25, -0.2) is 0 Å². The molecule has 0 saturated heterocycles. The molecule has 0 aliphatic heterocycles. The summed E-state index contributed by atoms with van der Waals surface area (Å²) in [6, 6.07) is 8.01. The number of hydrogen-bond acceptors (Lipinski definition) is 3. The van der Waals surface area contributed by atoms with E-state index in [-0.39, 0.29) is 5.91 Å². The van der Waals surface area contributed by atoms with E-state index < -0.39 is 0 Å². The van der Waals surface area contributed by atoms with Gasteiger partial charge in [0.1, 0.15) is 0 Å². The number of methoxy groups -OCH3 is 1. The van der Waals surface area contributed by atoms with Crippen LogP contribution in [-0.2, 0) is 4.74 Å². The van der Waals surface area contributed by atoms with E-state index in [2.05, 4.69) is 5.32 Å². The standard InChI is InChI=1S/C15H22N2O2/c1-17(2)15(18)12-5-4-6-13(9-12)16-14(10-19-3)11-7-8-11/h4-6,9,11,14,16H,7-8,10H2,1-3H3. The maximum Gasteiger partial charge on any atom is 0.253 e. The lowest BCUT2D eigenvalue weighted by atomic mass is 10.1. The van der Waals surface area contributed by atoms with Crippen molar-refractivity contribution in [3.63, 3.8) is 0 Å². The van der Waals surface area contributed by atoms with Crippen LogP contribution in [0.4, 0.5) is 5.69 Å². The van der Waals surface area contributed by atoms with Crippen LogP contribution < -0.4 is 5.32 Å². The molecule has 1 atom stereocenters. The van der Waals surface area contributed by atoms with Gasteiger partial charge in [-0.2, -0.15) is 0 Å². The summed E-state index contributed by atoms with van der Waals surface area (Å²) in [6.07, 6.45) is 2.52. The smallest absolute Gasteiger partial charge is 0.253 e. The van der Waals surface area contributed by atoms with Crippen LogP contribution in [0.2, 0.25) is 0 Å². The van der Waals surface area contributed by atoms with E-state index in [1.54, 1.807) is 26.1 Å². The van der Waals surface area contributed by atoms with Crippen molar-refractivity contribution in [1.82, 2.24) is 4.90 Å². The highest BCUT2D eigenvalue weighted by Crippen LogP contribution is 2.34. The Morgan fingerprint density at radius 2 is 2.21 bits per heavy atom. The molecule has 19 heavy (non-hydrogen) atoms. The Hall–Kier alpha value is -1.55. The van der Waals surface area contributed by atoms with Crippen molar-refractivity contribution in [2.24, 2.45) is 5.92 Å². The number of rotatable bonds is 6. The number of ether oxygens (including phenoxy) is 1. The van der Waals surface area contributed by atoms with E-state index in [1.807, 2.05) is 24.3 Å².